The summed E-state index contributed by atoms with van der Waals surface area (Å²) in [7, 11) is -2.57. The highest BCUT2D eigenvalue weighted by molar-refractivity contribution is 7.89. The number of anilines is 1. The number of nitrogen functional groups attached to an aromatic ring is 1. The van der Waals surface area contributed by atoms with E-state index in [9.17, 15) is 17.2 Å². The minimum atomic E-state index is -4.12. The zero-order valence-electron chi connectivity index (χ0n) is 11.5. The van der Waals surface area contributed by atoms with Gasteiger partial charge in [-0.05, 0) is 24.1 Å². The summed E-state index contributed by atoms with van der Waals surface area (Å²) in [6, 6.07) is 1.68. The normalized spacial score (nSPS) is 16.8. The van der Waals surface area contributed by atoms with Crippen LogP contribution >= 0.6 is 0 Å². The van der Waals surface area contributed by atoms with E-state index in [4.69, 9.17) is 10.5 Å². The van der Waals surface area contributed by atoms with Crippen molar-refractivity contribution in [1.82, 2.24) is 4.31 Å². The Balaban J connectivity index is 2.32. The molecular formula is C13H16F2N2O3S. The lowest BCUT2D eigenvalue weighted by Crippen LogP contribution is -2.36. The van der Waals surface area contributed by atoms with E-state index in [-0.39, 0.29) is 18.8 Å². The summed E-state index contributed by atoms with van der Waals surface area (Å²) in [4.78, 5) is -0.733. The molecule has 5 nitrogen and oxygen atoms in total. The monoisotopic (exact) mass is 318 g/mol. The lowest BCUT2D eigenvalue weighted by Gasteiger charge is -2.26. The fourth-order valence-corrected chi connectivity index (χ4v) is 3.63. The van der Waals surface area contributed by atoms with Crippen LogP contribution in [0.4, 0.5) is 14.5 Å². The number of methoxy groups -OCH3 is 1. The Hall–Kier alpha value is -1.51. The number of halogens is 2. The molecule has 0 amide bonds. The number of sulfonamides is 1. The average molecular weight is 318 g/mol. The van der Waals surface area contributed by atoms with E-state index < -0.39 is 26.6 Å². The number of hydrogen-bond donors (Lipinski definition) is 1. The lowest BCUT2D eigenvalue weighted by molar-refractivity contribution is 0.219. The van der Waals surface area contributed by atoms with Crippen molar-refractivity contribution in [3.8, 4) is 0 Å². The maximum absolute atomic E-state index is 13.8. The highest BCUT2D eigenvalue weighted by Crippen LogP contribution is 2.26. The molecule has 0 saturated heterocycles. The summed E-state index contributed by atoms with van der Waals surface area (Å²) < 4.78 is 57.9. The van der Waals surface area contributed by atoms with E-state index in [1.807, 2.05) is 0 Å². The SMILES string of the molecule is COCC1=CCN(S(=O)(=O)c2cc(N)cc(F)c2F)CC1. The first-order valence-electron chi connectivity index (χ1n) is 6.27. The molecule has 21 heavy (non-hydrogen) atoms. The molecule has 1 aliphatic rings. The Kier molecular flexibility index (Phi) is 4.60. The molecule has 1 aromatic rings. The van der Waals surface area contributed by atoms with Gasteiger partial charge in [-0.3, -0.25) is 0 Å². The average Bonchev–Trinajstić information content (AvgIpc) is 2.43. The number of ether oxygens (including phenoxy) is 1. The predicted molar refractivity (Wildman–Crippen MR) is 74.1 cm³/mol. The molecule has 116 valence electrons. The molecule has 0 unspecified atom stereocenters. The fraction of sp³-hybridized carbons (Fsp3) is 0.385. The zero-order valence-corrected chi connectivity index (χ0v) is 12.3. The first-order chi connectivity index (χ1) is 9.86. The van der Waals surface area contributed by atoms with Gasteiger partial charge in [0.05, 0.1) is 6.61 Å². The molecule has 0 aromatic heterocycles. The van der Waals surface area contributed by atoms with Gasteiger partial charge in [0.15, 0.2) is 11.6 Å². The molecule has 2 rings (SSSR count). The first kappa shape index (κ1) is 15.9. The topological polar surface area (TPSA) is 72.6 Å². The second-order valence-electron chi connectivity index (χ2n) is 4.72. The Bertz CT molecular complexity index is 674. The van der Waals surface area contributed by atoms with E-state index in [0.717, 1.165) is 22.0 Å². The molecule has 1 aliphatic heterocycles. The summed E-state index contributed by atoms with van der Waals surface area (Å²) in [6.45, 7) is 0.708. The molecule has 8 heteroatoms. The molecule has 0 aliphatic carbocycles. The van der Waals surface area contributed by atoms with Crippen molar-refractivity contribution in [2.75, 3.05) is 32.5 Å². The van der Waals surface area contributed by atoms with Crippen LogP contribution in [0.5, 0.6) is 0 Å². The maximum atomic E-state index is 13.8. The summed E-state index contributed by atoms with van der Waals surface area (Å²) in [6.07, 6.45) is 2.20. The molecule has 0 spiro atoms. The standard InChI is InChI=1S/C13H16F2N2O3S/c1-20-8-9-2-4-17(5-3-9)21(18,19)12-7-10(16)6-11(14)13(12)15/h2,6-7H,3-5,8,16H2,1H3. The highest BCUT2D eigenvalue weighted by Gasteiger charge is 2.30. The second-order valence-corrected chi connectivity index (χ2v) is 6.63. The van der Waals surface area contributed by atoms with Gasteiger partial charge < -0.3 is 10.5 Å². The minimum absolute atomic E-state index is 0.0941. The molecular weight excluding hydrogens is 302 g/mol. The van der Waals surface area contributed by atoms with Crippen LogP contribution in [0.25, 0.3) is 0 Å². The van der Waals surface area contributed by atoms with E-state index in [0.29, 0.717) is 13.0 Å². The van der Waals surface area contributed by atoms with Crippen LogP contribution in [0.15, 0.2) is 28.7 Å². The Morgan fingerprint density at radius 3 is 2.67 bits per heavy atom. The van der Waals surface area contributed by atoms with Crippen LogP contribution in [0, 0.1) is 11.6 Å². The summed E-state index contributed by atoms with van der Waals surface area (Å²) >= 11 is 0. The third-order valence-electron chi connectivity index (χ3n) is 3.23. The summed E-state index contributed by atoms with van der Waals surface area (Å²) in [5, 5.41) is 0. The molecule has 0 atom stereocenters. The van der Waals surface area contributed by atoms with E-state index in [2.05, 4.69) is 0 Å². The Morgan fingerprint density at radius 1 is 1.38 bits per heavy atom. The van der Waals surface area contributed by atoms with Gasteiger partial charge in [0.2, 0.25) is 10.0 Å². The molecule has 2 N–H and O–H groups in total. The number of nitrogens with two attached hydrogens (primary N) is 1. The maximum Gasteiger partial charge on any atom is 0.246 e. The van der Waals surface area contributed by atoms with Crippen molar-refractivity contribution in [3.63, 3.8) is 0 Å². The van der Waals surface area contributed by atoms with Gasteiger partial charge in [0.1, 0.15) is 4.90 Å². The molecule has 1 heterocycles. The van der Waals surface area contributed by atoms with Gasteiger partial charge in [-0.25, -0.2) is 17.2 Å². The number of rotatable bonds is 4. The highest BCUT2D eigenvalue weighted by atomic mass is 32.2. The summed E-state index contributed by atoms with van der Waals surface area (Å²) in [5.41, 5.74) is 6.23. The first-order valence-corrected chi connectivity index (χ1v) is 7.71. The van der Waals surface area contributed by atoms with Crippen molar-refractivity contribution < 1.29 is 21.9 Å². The number of hydrogen-bond acceptors (Lipinski definition) is 4. The largest absolute Gasteiger partial charge is 0.399 e. The van der Waals surface area contributed by atoms with Gasteiger partial charge >= 0.3 is 0 Å². The molecule has 0 saturated carbocycles. The van der Waals surface area contributed by atoms with E-state index >= 15 is 0 Å². The van der Waals surface area contributed by atoms with Gasteiger partial charge in [0.25, 0.3) is 0 Å². The fourth-order valence-electron chi connectivity index (χ4n) is 2.14. The van der Waals surface area contributed by atoms with E-state index in [1.165, 1.54) is 0 Å². The van der Waals surface area contributed by atoms with Gasteiger partial charge in [-0.1, -0.05) is 6.08 Å². The quantitative estimate of drug-likeness (QED) is 0.675. The van der Waals surface area contributed by atoms with Crippen molar-refractivity contribution >= 4 is 15.7 Å². The minimum Gasteiger partial charge on any atom is -0.399 e. The van der Waals surface area contributed by atoms with E-state index in [1.54, 1.807) is 13.2 Å². The van der Waals surface area contributed by atoms with Crippen LogP contribution < -0.4 is 5.73 Å². The van der Waals surface area contributed by atoms with Crippen molar-refractivity contribution in [2.45, 2.75) is 11.3 Å². The van der Waals surface area contributed by atoms with Crippen LogP contribution in [-0.2, 0) is 14.8 Å². The third kappa shape index (κ3) is 3.22. The van der Waals surface area contributed by atoms with Gasteiger partial charge in [-0.15, -0.1) is 0 Å². The van der Waals surface area contributed by atoms with Gasteiger partial charge in [-0.2, -0.15) is 4.31 Å². The second kappa shape index (κ2) is 6.08. The van der Waals surface area contributed by atoms with Crippen molar-refractivity contribution in [1.29, 1.82) is 0 Å². The smallest absolute Gasteiger partial charge is 0.246 e. The Labute approximate surface area is 122 Å². The van der Waals surface area contributed by atoms with Crippen LogP contribution in [0.3, 0.4) is 0 Å². The molecule has 0 fully saturated rings. The lowest BCUT2D eigenvalue weighted by atomic mass is 10.1. The van der Waals surface area contributed by atoms with Crippen molar-refractivity contribution in [2.24, 2.45) is 0 Å². The van der Waals surface area contributed by atoms with Crippen molar-refractivity contribution in [3.05, 3.63) is 35.4 Å². The molecule has 0 radical (unpaired) electrons. The number of nitrogens with zero attached hydrogens (tertiary/aromatic N) is 1. The zero-order chi connectivity index (χ0) is 15.6. The van der Waals surface area contributed by atoms with Crippen LogP contribution in [0.1, 0.15) is 6.42 Å². The molecule has 0 bridgehead atoms. The number of benzene rings is 1. The molecule has 1 aromatic carbocycles. The predicted octanol–water partition coefficient (Wildman–Crippen LogP) is 1.51. The van der Waals surface area contributed by atoms with Crippen LogP contribution in [-0.4, -0.2) is 39.5 Å². The van der Waals surface area contributed by atoms with Crippen LogP contribution in [0.2, 0.25) is 0 Å². The third-order valence-corrected chi connectivity index (χ3v) is 5.09. The summed E-state index contributed by atoms with van der Waals surface area (Å²) in [5.74, 6) is -2.68. The van der Waals surface area contributed by atoms with Gasteiger partial charge in [0, 0.05) is 25.9 Å². The Morgan fingerprint density at radius 2 is 2.10 bits per heavy atom.